The summed E-state index contributed by atoms with van der Waals surface area (Å²) in [4.78, 5) is 24.5. The van der Waals surface area contributed by atoms with Crippen LogP contribution in [0.25, 0.3) is 0 Å². The van der Waals surface area contributed by atoms with E-state index in [1.807, 2.05) is 13.0 Å². The number of benzene rings is 1. The summed E-state index contributed by atoms with van der Waals surface area (Å²) in [5, 5.41) is 15.7. The van der Waals surface area contributed by atoms with E-state index in [9.17, 15) is 9.59 Å². The largest absolute Gasteiger partial charge is 0.355 e. The van der Waals surface area contributed by atoms with E-state index in [4.69, 9.17) is 0 Å². The van der Waals surface area contributed by atoms with Crippen molar-refractivity contribution in [2.24, 2.45) is 0 Å². The van der Waals surface area contributed by atoms with Gasteiger partial charge in [0.2, 0.25) is 0 Å². The van der Waals surface area contributed by atoms with E-state index in [0.717, 1.165) is 29.8 Å². The van der Waals surface area contributed by atoms with Crippen LogP contribution in [-0.4, -0.2) is 35.6 Å². The van der Waals surface area contributed by atoms with Crippen LogP contribution in [0.5, 0.6) is 0 Å². The highest BCUT2D eigenvalue weighted by atomic mass is 35.5. The predicted molar refractivity (Wildman–Crippen MR) is 93.8 cm³/mol. The number of halogens is 1. The molecular formula is C16H20ClN5O2. The zero-order valence-electron chi connectivity index (χ0n) is 13.5. The molecule has 0 saturated carbocycles. The minimum Gasteiger partial charge on any atom is -0.355 e. The highest BCUT2D eigenvalue weighted by Gasteiger charge is 2.22. The molecule has 7 nitrogen and oxygen atoms in total. The third kappa shape index (κ3) is 3.42. The number of carbonyl (C=O) groups excluding carboxylic acids is 2. The Morgan fingerprint density at radius 3 is 2.79 bits per heavy atom. The van der Waals surface area contributed by atoms with E-state index in [0.29, 0.717) is 23.5 Å². The Morgan fingerprint density at radius 1 is 1.25 bits per heavy atom. The maximum atomic E-state index is 12.5. The van der Waals surface area contributed by atoms with Gasteiger partial charge in [0.15, 0.2) is 5.69 Å². The zero-order valence-corrected chi connectivity index (χ0v) is 14.3. The molecule has 24 heavy (non-hydrogen) atoms. The maximum absolute atomic E-state index is 12.5. The van der Waals surface area contributed by atoms with E-state index < -0.39 is 0 Å². The van der Waals surface area contributed by atoms with Crippen molar-refractivity contribution in [2.75, 3.05) is 18.9 Å². The van der Waals surface area contributed by atoms with Crippen molar-refractivity contribution < 1.29 is 9.59 Å². The molecule has 2 aromatic rings. The average Bonchev–Trinajstić information content (AvgIpc) is 3.00. The number of anilines is 1. The zero-order chi connectivity index (χ0) is 16.4. The number of amides is 2. The predicted octanol–water partition coefficient (Wildman–Crippen LogP) is 1.40. The summed E-state index contributed by atoms with van der Waals surface area (Å²) >= 11 is 0. The Morgan fingerprint density at radius 2 is 2.04 bits per heavy atom. The maximum Gasteiger partial charge on any atom is 0.276 e. The molecule has 0 spiro atoms. The second-order valence-corrected chi connectivity index (χ2v) is 5.54. The smallest absolute Gasteiger partial charge is 0.276 e. The van der Waals surface area contributed by atoms with Gasteiger partial charge < -0.3 is 16.0 Å². The number of hydrogen-bond donors (Lipinski definition) is 4. The first-order chi connectivity index (χ1) is 11.1. The lowest BCUT2D eigenvalue weighted by molar-refractivity contribution is 0.0964. The molecule has 0 atom stereocenters. The third-order valence-electron chi connectivity index (χ3n) is 3.92. The number of aryl methyl sites for hydroxylation is 1. The van der Waals surface area contributed by atoms with Gasteiger partial charge in [-0.3, -0.25) is 14.7 Å². The summed E-state index contributed by atoms with van der Waals surface area (Å²) in [7, 11) is 1.56. The fraction of sp³-hybridized carbons (Fsp3) is 0.312. The third-order valence-corrected chi connectivity index (χ3v) is 3.92. The molecule has 3 rings (SSSR count). The lowest BCUT2D eigenvalue weighted by Gasteiger charge is -2.14. The van der Waals surface area contributed by atoms with Crippen molar-refractivity contribution >= 4 is 29.9 Å². The molecule has 0 bridgehead atoms. The number of nitrogens with one attached hydrogen (secondary N) is 4. The van der Waals surface area contributed by atoms with Crippen molar-refractivity contribution in [1.29, 1.82) is 0 Å². The Balaban J connectivity index is 0.00000208. The van der Waals surface area contributed by atoms with Crippen LogP contribution < -0.4 is 16.0 Å². The van der Waals surface area contributed by atoms with Crippen LogP contribution in [0.3, 0.4) is 0 Å². The highest BCUT2D eigenvalue weighted by molar-refractivity contribution is 6.08. The number of aromatic amines is 1. The molecule has 128 valence electrons. The molecular weight excluding hydrogens is 330 g/mol. The number of rotatable bonds is 3. The van der Waals surface area contributed by atoms with Gasteiger partial charge >= 0.3 is 0 Å². The molecule has 0 unspecified atom stereocenters. The first-order valence-electron chi connectivity index (χ1n) is 7.51. The van der Waals surface area contributed by atoms with E-state index in [2.05, 4.69) is 26.1 Å². The Hall–Kier alpha value is -2.38. The molecule has 1 aliphatic rings. The van der Waals surface area contributed by atoms with Crippen molar-refractivity contribution in [3.63, 3.8) is 0 Å². The molecule has 1 aromatic carbocycles. The minimum absolute atomic E-state index is 0. The topological polar surface area (TPSA) is 98.9 Å². The number of H-pyrrole nitrogens is 1. The van der Waals surface area contributed by atoms with Gasteiger partial charge in [0.25, 0.3) is 11.8 Å². The molecule has 1 aromatic heterocycles. The Labute approximate surface area is 146 Å². The second kappa shape index (κ2) is 7.46. The van der Waals surface area contributed by atoms with Crippen LogP contribution in [-0.2, 0) is 13.0 Å². The van der Waals surface area contributed by atoms with Crippen molar-refractivity contribution in [1.82, 2.24) is 20.8 Å². The highest BCUT2D eigenvalue weighted by Crippen LogP contribution is 2.20. The van der Waals surface area contributed by atoms with Crippen LogP contribution in [0.4, 0.5) is 5.69 Å². The summed E-state index contributed by atoms with van der Waals surface area (Å²) < 4.78 is 0. The second-order valence-electron chi connectivity index (χ2n) is 5.54. The van der Waals surface area contributed by atoms with Gasteiger partial charge in [0, 0.05) is 37.8 Å². The molecule has 0 radical (unpaired) electrons. The summed E-state index contributed by atoms with van der Waals surface area (Å²) in [6.07, 6.45) is 0.823. The summed E-state index contributed by atoms with van der Waals surface area (Å²) in [6.45, 7) is 3.38. The van der Waals surface area contributed by atoms with Gasteiger partial charge in [-0.25, -0.2) is 0 Å². The van der Waals surface area contributed by atoms with Crippen LogP contribution >= 0.6 is 12.4 Å². The van der Waals surface area contributed by atoms with Gasteiger partial charge in [-0.1, -0.05) is 11.6 Å². The Kier molecular flexibility index (Phi) is 5.58. The standard InChI is InChI=1S/C16H19N5O2.ClH/c1-9-3-4-12(10(7-9)15(22)17-2)19-16(23)14-11-8-18-6-5-13(11)20-21-14;/h3-4,7,18H,5-6,8H2,1-2H3,(H,17,22)(H,19,23)(H,20,21);1H. The molecule has 0 saturated heterocycles. The van der Waals surface area contributed by atoms with E-state index in [1.54, 1.807) is 19.2 Å². The quantitative estimate of drug-likeness (QED) is 0.673. The van der Waals surface area contributed by atoms with Crippen molar-refractivity contribution in [2.45, 2.75) is 19.9 Å². The number of nitrogens with zero attached hydrogens (tertiary/aromatic N) is 1. The molecule has 1 aliphatic heterocycles. The molecule has 8 heteroatoms. The average molecular weight is 350 g/mol. The first kappa shape index (κ1) is 18.0. The molecule has 0 fully saturated rings. The summed E-state index contributed by atoms with van der Waals surface area (Å²) in [5.41, 5.74) is 4.11. The van der Waals surface area contributed by atoms with Crippen LogP contribution in [0.2, 0.25) is 0 Å². The monoisotopic (exact) mass is 349 g/mol. The molecule has 2 heterocycles. The molecule has 2 amide bonds. The number of fused-ring (bicyclic) bond motifs is 1. The first-order valence-corrected chi connectivity index (χ1v) is 7.51. The lowest BCUT2D eigenvalue weighted by atomic mass is 10.1. The summed E-state index contributed by atoms with van der Waals surface area (Å²) in [5.74, 6) is -0.560. The SMILES string of the molecule is CNC(=O)c1cc(C)ccc1NC(=O)c1n[nH]c2c1CNCC2.Cl. The fourth-order valence-electron chi connectivity index (χ4n) is 2.68. The van der Waals surface area contributed by atoms with E-state index in [-0.39, 0.29) is 24.2 Å². The number of aromatic nitrogens is 2. The van der Waals surface area contributed by atoms with Crippen molar-refractivity contribution in [3.05, 3.63) is 46.3 Å². The lowest BCUT2D eigenvalue weighted by Crippen LogP contribution is -2.26. The van der Waals surface area contributed by atoms with Crippen LogP contribution in [0.1, 0.15) is 37.7 Å². The number of hydrogen-bond acceptors (Lipinski definition) is 4. The molecule has 4 N–H and O–H groups in total. The normalized spacial score (nSPS) is 12.8. The number of carbonyl (C=O) groups is 2. The van der Waals surface area contributed by atoms with Gasteiger partial charge in [-0.05, 0) is 19.1 Å². The molecule has 0 aliphatic carbocycles. The van der Waals surface area contributed by atoms with Crippen LogP contribution in [0.15, 0.2) is 18.2 Å². The minimum atomic E-state index is -0.319. The van der Waals surface area contributed by atoms with Crippen molar-refractivity contribution in [3.8, 4) is 0 Å². The fourth-order valence-corrected chi connectivity index (χ4v) is 2.68. The Bertz CT molecular complexity index is 772. The van der Waals surface area contributed by atoms with Gasteiger partial charge in [-0.15, -0.1) is 12.4 Å². The van der Waals surface area contributed by atoms with E-state index >= 15 is 0 Å². The van der Waals surface area contributed by atoms with E-state index in [1.165, 1.54) is 0 Å². The summed E-state index contributed by atoms with van der Waals surface area (Å²) in [6, 6.07) is 5.33. The van der Waals surface area contributed by atoms with Gasteiger partial charge in [-0.2, -0.15) is 5.10 Å². The van der Waals surface area contributed by atoms with Gasteiger partial charge in [0.05, 0.1) is 11.3 Å². The van der Waals surface area contributed by atoms with Crippen LogP contribution in [0, 0.1) is 6.92 Å². The van der Waals surface area contributed by atoms with Gasteiger partial charge in [0.1, 0.15) is 0 Å².